The Kier molecular flexibility index (Phi) is 6.84. The van der Waals surface area contributed by atoms with E-state index in [-0.39, 0.29) is 19.5 Å². The third kappa shape index (κ3) is 5.03. The molecule has 1 fully saturated rings. The molecule has 30 heavy (non-hydrogen) atoms. The van der Waals surface area contributed by atoms with E-state index in [1.54, 1.807) is 19.1 Å². The van der Waals surface area contributed by atoms with Crippen LogP contribution in [0.3, 0.4) is 0 Å². The molecule has 2 heterocycles. The summed E-state index contributed by atoms with van der Waals surface area (Å²) in [5.41, 5.74) is 6.51. The summed E-state index contributed by atoms with van der Waals surface area (Å²) in [5.74, 6) is -1.11. The number of primary amides is 1. The maximum Gasteiger partial charge on any atom is 0.253 e. The average molecular weight is 432 g/mol. The van der Waals surface area contributed by atoms with Crippen molar-refractivity contribution in [2.24, 2.45) is 5.73 Å². The first-order valence-electron chi connectivity index (χ1n) is 9.60. The van der Waals surface area contributed by atoms with E-state index in [2.05, 4.69) is 5.32 Å². The van der Waals surface area contributed by atoms with Crippen molar-refractivity contribution in [2.45, 2.75) is 42.5 Å². The minimum Gasteiger partial charge on any atom is -0.467 e. The Bertz CT molecular complexity index is 889. The van der Waals surface area contributed by atoms with Crippen molar-refractivity contribution in [3.8, 4) is 0 Å². The van der Waals surface area contributed by atoms with Gasteiger partial charge in [-0.2, -0.15) is 0 Å². The highest BCUT2D eigenvalue weighted by molar-refractivity contribution is 8.02. The maximum atomic E-state index is 12.9. The zero-order chi connectivity index (χ0) is 21.7. The van der Waals surface area contributed by atoms with Gasteiger partial charge in [0.25, 0.3) is 11.8 Å². The Hall–Kier alpha value is -2.78. The Morgan fingerprint density at radius 1 is 1.30 bits per heavy atom. The first kappa shape index (κ1) is 21.9. The number of nitrogens with zero attached hydrogens (tertiary/aromatic N) is 1. The van der Waals surface area contributed by atoms with Crippen molar-refractivity contribution in [3.63, 3.8) is 0 Å². The zero-order valence-corrected chi connectivity index (χ0v) is 17.4. The minimum absolute atomic E-state index is 0.0485. The van der Waals surface area contributed by atoms with Gasteiger partial charge < -0.3 is 25.5 Å². The number of aliphatic hydroxyl groups excluding tert-OH is 1. The predicted octanol–water partition coefficient (Wildman–Crippen LogP) is 1.04. The van der Waals surface area contributed by atoms with E-state index in [0.29, 0.717) is 12.2 Å². The lowest BCUT2D eigenvalue weighted by Crippen LogP contribution is -2.49. The number of furan rings is 1. The Morgan fingerprint density at radius 2 is 2.03 bits per heavy atom. The molecule has 1 aliphatic rings. The lowest BCUT2D eigenvalue weighted by Gasteiger charge is -2.25. The van der Waals surface area contributed by atoms with Gasteiger partial charge >= 0.3 is 0 Å². The van der Waals surface area contributed by atoms with Gasteiger partial charge in [0.2, 0.25) is 5.91 Å². The van der Waals surface area contributed by atoms with Crippen LogP contribution in [0.1, 0.15) is 24.7 Å². The molecule has 0 saturated carbocycles. The van der Waals surface area contributed by atoms with Gasteiger partial charge in [0, 0.05) is 6.54 Å². The monoisotopic (exact) mass is 431 g/mol. The number of thioether (sulfide) groups is 1. The van der Waals surface area contributed by atoms with Crippen LogP contribution in [0, 0.1) is 0 Å². The summed E-state index contributed by atoms with van der Waals surface area (Å²) in [7, 11) is 0. The molecule has 9 heteroatoms. The number of amides is 3. The number of aliphatic hydroxyl groups is 1. The lowest BCUT2D eigenvalue weighted by atomic mass is 10.1. The van der Waals surface area contributed by atoms with Crippen LogP contribution in [0.2, 0.25) is 0 Å². The topological polar surface area (TPSA) is 126 Å². The summed E-state index contributed by atoms with van der Waals surface area (Å²) >= 11 is 1.01. The number of nitrogens with one attached hydrogen (secondary N) is 1. The molecule has 0 aliphatic carbocycles. The highest BCUT2D eigenvalue weighted by Crippen LogP contribution is 2.40. The molecular weight excluding hydrogens is 406 g/mol. The lowest BCUT2D eigenvalue weighted by molar-refractivity contribution is -0.144. The van der Waals surface area contributed by atoms with Gasteiger partial charge in [-0.15, -0.1) is 11.8 Å². The first-order valence-corrected chi connectivity index (χ1v) is 10.5. The normalized spacial score (nSPS) is 21.9. The second-order valence-electron chi connectivity index (χ2n) is 7.37. The smallest absolute Gasteiger partial charge is 0.253 e. The van der Waals surface area contributed by atoms with Crippen molar-refractivity contribution < 1.29 is 23.9 Å². The molecule has 0 spiro atoms. The van der Waals surface area contributed by atoms with Crippen LogP contribution in [0.15, 0.2) is 53.1 Å². The summed E-state index contributed by atoms with van der Waals surface area (Å²) in [4.78, 5) is 38.9. The van der Waals surface area contributed by atoms with Gasteiger partial charge in [0.05, 0.1) is 12.8 Å². The molecule has 3 rings (SSSR count). The quantitative estimate of drug-likeness (QED) is 0.573. The molecule has 0 radical (unpaired) electrons. The van der Waals surface area contributed by atoms with Crippen LogP contribution in [0.5, 0.6) is 0 Å². The maximum absolute atomic E-state index is 12.9. The van der Waals surface area contributed by atoms with Crippen LogP contribution < -0.4 is 11.1 Å². The summed E-state index contributed by atoms with van der Waals surface area (Å²) in [6.07, 6.45) is 0.922. The zero-order valence-electron chi connectivity index (χ0n) is 16.6. The third-order valence-electron chi connectivity index (χ3n) is 5.01. The van der Waals surface area contributed by atoms with Crippen molar-refractivity contribution >= 4 is 29.5 Å². The molecule has 3 atom stereocenters. The number of carbonyl (C=O) groups excluding carboxylic acids is 3. The number of nitrogens with two attached hydrogens (primary N) is 1. The van der Waals surface area contributed by atoms with Crippen LogP contribution in [0.4, 0.5) is 0 Å². The Balaban J connectivity index is 1.68. The minimum atomic E-state index is -1.29. The van der Waals surface area contributed by atoms with Crippen molar-refractivity contribution in [1.29, 1.82) is 0 Å². The van der Waals surface area contributed by atoms with E-state index in [0.717, 1.165) is 17.3 Å². The molecule has 2 aromatic rings. The fourth-order valence-electron chi connectivity index (χ4n) is 3.22. The second kappa shape index (κ2) is 9.36. The molecule has 3 unspecified atom stereocenters. The van der Waals surface area contributed by atoms with Crippen molar-refractivity contribution in [1.82, 2.24) is 10.2 Å². The third-order valence-corrected chi connectivity index (χ3v) is 6.55. The van der Waals surface area contributed by atoms with E-state index >= 15 is 0 Å². The van der Waals surface area contributed by atoms with Crippen molar-refractivity contribution in [3.05, 3.63) is 60.1 Å². The standard InChI is InChI=1S/C21H25N3O5S/c1-21(20(22)28)13-24(18(27)16(25)10-9-14-6-3-2-4-7-14)19(30-21)17(26)23-12-15-8-5-11-29-15/h2-8,11,16,19,25H,9-10,12-13H2,1H3,(H2,22,28)(H,23,26). The Morgan fingerprint density at radius 3 is 2.67 bits per heavy atom. The van der Waals surface area contributed by atoms with Gasteiger partial charge in [-0.3, -0.25) is 14.4 Å². The average Bonchev–Trinajstić information content (AvgIpc) is 3.39. The van der Waals surface area contributed by atoms with Crippen LogP contribution in [-0.4, -0.2) is 50.5 Å². The van der Waals surface area contributed by atoms with E-state index in [1.807, 2.05) is 30.3 Å². The van der Waals surface area contributed by atoms with E-state index < -0.39 is 33.9 Å². The van der Waals surface area contributed by atoms with Gasteiger partial charge in [-0.05, 0) is 37.5 Å². The second-order valence-corrected chi connectivity index (χ2v) is 8.95. The number of rotatable bonds is 8. The SMILES string of the molecule is CC1(C(N)=O)CN(C(=O)C(O)CCc2ccccc2)C(C(=O)NCc2ccco2)S1. The van der Waals surface area contributed by atoms with E-state index in [4.69, 9.17) is 10.2 Å². The van der Waals surface area contributed by atoms with Gasteiger partial charge in [0.1, 0.15) is 16.6 Å². The van der Waals surface area contributed by atoms with Crippen LogP contribution in [0.25, 0.3) is 0 Å². The molecule has 160 valence electrons. The summed E-state index contributed by atoms with van der Waals surface area (Å²) < 4.78 is 4.07. The largest absolute Gasteiger partial charge is 0.467 e. The molecule has 8 nitrogen and oxygen atoms in total. The number of aryl methyl sites for hydroxylation is 1. The van der Waals surface area contributed by atoms with Gasteiger partial charge in [-0.1, -0.05) is 30.3 Å². The molecular formula is C21H25N3O5S. The summed E-state index contributed by atoms with van der Waals surface area (Å²) in [6.45, 7) is 1.69. The fourth-order valence-corrected chi connectivity index (χ4v) is 4.54. The molecule has 0 bridgehead atoms. The van der Waals surface area contributed by atoms with E-state index in [9.17, 15) is 19.5 Å². The molecule has 4 N–H and O–H groups in total. The summed E-state index contributed by atoms with van der Waals surface area (Å²) in [6, 6.07) is 12.9. The fraction of sp³-hybridized carbons (Fsp3) is 0.381. The molecule has 1 aromatic carbocycles. The van der Waals surface area contributed by atoms with Crippen LogP contribution in [-0.2, 0) is 27.3 Å². The predicted molar refractivity (Wildman–Crippen MR) is 112 cm³/mol. The highest BCUT2D eigenvalue weighted by atomic mass is 32.2. The molecule has 1 aliphatic heterocycles. The van der Waals surface area contributed by atoms with E-state index in [1.165, 1.54) is 11.2 Å². The number of carbonyl (C=O) groups is 3. The molecule has 1 aromatic heterocycles. The highest BCUT2D eigenvalue weighted by Gasteiger charge is 2.51. The molecule has 1 saturated heterocycles. The number of benzene rings is 1. The Labute approximate surface area is 178 Å². The number of hydrogen-bond donors (Lipinski definition) is 3. The van der Waals surface area contributed by atoms with Gasteiger partial charge in [-0.25, -0.2) is 0 Å². The van der Waals surface area contributed by atoms with Gasteiger partial charge in [0.15, 0.2) is 5.37 Å². The summed E-state index contributed by atoms with van der Waals surface area (Å²) in [5, 5.41) is 12.2. The van der Waals surface area contributed by atoms with Crippen molar-refractivity contribution in [2.75, 3.05) is 6.54 Å². The first-order chi connectivity index (χ1) is 14.3. The molecule has 3 amide bonds. The van der Waals surface area contributed by atoms with Crippen LogP contribution >= 0.6 is 11.8 Å². The number of hydrogen-bond acceptors (Lipinski definition) is 6.